The van der Waals surface area contributed by atoms with Gasteiger partial charge in [-0.2, -0.15) is 0 Å². The first-order valence-electron chi connectivity index (χ1n) is 12.4. The molecule has 0 unspecified atom stereocenters. The van der Waals surface area contributed by atoms with E-state index in [1.165, 1.54) is 12.8 Å². The van der Waals surface area contributed by atoms with E-state index in [4.69, 9.17) is 10.1 Å². The van der Waals surface area contributed by atoms with Gasteiger partial charge in [0.05, 0.1) is 13.0 Å². The van der Waals surface area contributed by atoms with E-state index in [0.29, 0.717) is 5.92 Å². The molecule has 34 heavy (non-hydrogen) atoms. The van der Waals surface area contributed by atoms with Gasteiger partial charge in [-0.3, -0.25) is 14.6 Å². The number of nitrogens with zero attached hydrogens (tertiary/aromatic N) is 2. The Kier molecular flexibility index (Phi) is 8.11. The fourth-order valence-electron chi connectivity index (χ4n) is 5.02. The lowest BCUT2D eigenvalue weighted by Gasteiger charge is -2.34. The maximum Gasteiger partial charge on any atom is 0.253 e. The fraction of sp³-hybridized carbons (Fsp3) is 0.577. The van der Waals surface area contributed by atoms with Gasteiger partial charge < -0.3 is 15.7 Å². The van der Waals surface area contributed by atoms with E-state index in [9.17, 15) is 9.59 Å². The van der Waals surface area contributed by atoms with Gasteiger partial charge in [-0.1, -0.05) is 37.8 Å². The van der Waals surface area contributed by atoms with E-state index in [1.54, 1.807) is 11.9 Å². The van der Waals surface area contributed by atoms with Crippen molar-refractivity contribution in [2.75, 3.05) is 25.0 Å². The minimum Gasteiger partial charge on any atom is -0.396 e. The average Bonchev–Trinajstić information content (AvgIpc) is 3.13. The lowest BCUT2D eigenvalue weighted by Crippen LogP contribution is -2.47. The van der Waals surface area contributed by atoms with E-state index >= 15 is 0 Å². The number of aryl methyl sites for hydroxylation is 1. The van der Waals surface area contributed by atoms with Crippen LogP contribution < -0.4 is 10.6 Å². The number of benzene rings is 1. The molecule has 7 nitrogen and oxygen atoms in total. The molecule has 2 heterocycles. The second kappa shape index (κ2) is 11.1. The van der Waals surface area contributed by atoms with Crippen molar-refractivity contribution in [3.8, 4) is 0 Å². The zero-order chi connectivity index (χ0) is 24.1. The molecule has 1 aliphatic carbocycles. The largest absolute Gasteiger partial charge is 0.396 e. The van der Waals surface area contributed by atoms with Gasteiger partial charge >= 0.3 is 0 Å². The van der Waals surface area contributed by atoms with Crippen LogP contribution >= 0.6 is 11.9 Å². The van der Waals surface area contributed by atoms with Gasteiger partial charge in [0, 0.05) is 24.7 Å². The Morgan fingerprint density at radius 1 is 1.29 bits per heavy atom. The number of carbonyl (C=O) groups excluding carboxylic acids is 2. The number of carbonyl (C=O) groups is 2. The molecule has 2 aliphatic heterocycles. The summed E-state index contributed by atoms with van der Waals surface area (Å²) in [5.74, 6) is 2.07. The van der Waals surface area contributed by atoms with Crippen molar-refractivity contribution in [1.29, 1.82) is 0 Å². The normalized spacial score (nSPS) is 24.9. The summed E-state index contributed by atoms with van der Waals surface area (Å²) in [6.45, 7) is 5.83. The second-order valence-electron chi connectivity index (χ2n) is 9.87. The van der Waals surface area contributed by atoms with Crippen LogP contribution in [0.4, 0.5) is 5.69 Å². The molecule has 184 valence electrons. The second-order valence-corrected chi connectivity index (χ2v) is 10.9. The molecule has 0 radical (unpaired) electrons. The van der Waals surface area contributed by atoms with Crippen molar-refractivity contribution in [3.05, 3.63) is 34.7 Å². The summed E-state index contributed by atoms with van der Waals surface area (Å²) in [4.78, 5) is 29.5. The minimum absolute atomic E-state index is 0.0998. The standard InChI is InChI=1S/C26H36N4O3S/c1-18-3-5-21(6-4-18)24-28-25(33)26(29-24)11-13-30(14-12-26)34-16-10-20-7-8-22(17-19(20)2)27-23(32)9-15-31/h7-8,10,16-18,21,31H,3-6,9,11-15H2,1-2H3,(H,27,32)(H,28,29,33)/b16-10+. The van der Waals surface area contributed by atoms with E-state index < -0.39 is 5.54 Å². The van der Waals surface area contributed by atoms with Gasteiger partial charge in [0.1, 0.15) is 11.4 Å². The first-order valence-corrected chi connectivity index (χ1v) is 13.2. The van der Waals surface area contributed by atoms with Crippen LogP contribution in [0.25, 0.3) is 6.08 Å². The Labute approximate surface area is 206 Å². The zero-order valence-corrected chi connectivity index (χ0v) is 21.0. The summed E-state index contributed by atoms with van der Waals surface area (Å²) in [5, 5.41) is 16.9. The molecular weight excluding hydrogens is 448 g/mol. The predicted octanol–water partition coefficient (Wildman–Crippen LogP) is 4.12. The number of amides is 2. The molecule has 1 spiro atoms. The summed E-state index contributed by atoms with van der Waals surface area (Å²) in [6.07, 6.45) is 8.42. The third-order valence-corrected chi connectivity index (χ3v) is 8.22. The molecule has 2 fully saturated rings. The Hall–Kier alpha value is -2.16. The molecule has 0 aromatic heterocycles. The number of anilines is 1. The van der Waals surface area contributed by atoms with Crippen molar-refractivity contribution < 1.29 is 14.7 Å². The molecule has 2 amide bonds. The number of amidine groups is 1. The maximum absolute atomic E-state index is 12.8. The molecule has 0 atom stereocenters. The summed E-state index contributed by atoms with van der Waals surface area (Å²) in [5.41, 5.74) is 2.33. The third-order valence-electron chi connectivity index (χ3n) is 7.30. The van der Waals surface area contributed by atoms with Crippen LogP contribution in [0.2, 0.25) is 0 Å². The lowest BCUT2D eigenvalue weighted by atomic mass is 9.82. The van der Waals surface area contributed by atoms with Gasteiger partial charge in [-0.25, -0.2) is 4.31 Å². The van der Waals surface area contributed by atoms with Gasteiger partial charge in [-0.05, 0) is 73.3 Å². The number of piperidine rings is 1. The highest BCUT2D eigenvalue weighted by atomic mass is 32.2. The Bertz CT molecular complexity index is 961. The molecule has 1 aromatic carbocycles. The summed E-state index contributed by atoms with van der Waals surface area (Å²) < 4.78 is 2.30. The topological polar surface area (TPSA) is 94.0 Å². The molecule has 4 rings (SSSR count). The Morgan fingerprint density at radius 2 is 2.03 bits per heavy atom. The zero-order valence-electron chi connectivity index (χ0n) is 20.2. The lowest BCUT2D eigenvalue weighted by molar-refractivity contribution is -0.125. The highest BCUT2D eigenvalue weighted by Crippen LogP contribution is 2.36. The molecule has 1 saturated heterocycles. The van der Waals surface area contributed by atoms with Crippen LogP contribution in [0.3, 0.4) is 0 Å². The van der Waals surface area contributed by atoms with Gasteiger partial charge in [0.2, 0.25) is 5.91 Å². The average molecular weight is 485 g/mol. The van der Waals surface area contributed by atoms with Crippen LogP contribution in [0.1, 0.15) is 63.0 Å². The number of aliphatic hydroxyl groups excluding tert-OH is 1. The summed E-state index contributed by atoms with van der Waals surface area (Å²) >= 11 is 1.67. The highest BCUT2D eigenvalue weighted by molar-refractivity contribution is 8.00. The first-order chi connectivity index (χ1) is 16.4. The Morgan fingerprint density at radius 3 is 2.71 bits per heavy atom. The monoisotopic (exact) mass is 484 g/mol. The van der Waals surface area contributed by atoms with Crippen molar-refractivity contribution in [3.63, 3.8) is 0 Å². The Balaban J connectivity index is 1.28. The van der Waals surface area contributed by atoms with Crippen molar-refractivity contribution >= 4 is 41.4 Å². The number of hydrogen-bond acceptors (Lipinski definition) is 6. The van der Waals surface area contributed by atoms with Crippen LogP contribution in [0.5, 0.6) is 0 Å². The minimum atomic E-state index is -0.563. The van der Waals surface area contributed by atoms with Crippen molar-refractivity contribution in [2.24, 2.45) is 16.8 Å². The van der Waals surface area contributed by atoms with Crippen LogP contribution in [0.15, 0.2) is 28.6 Å². The molecule has 3 N–H and O–H groups in total. The fourth-order valence-corrected chi connectivity index (χ4v) is 5.80. The predicted molar refractivity (Wildman–Crippen MR) is 138 cm³/mol. The summed E-state index contributed by atoms with van der Waals surface area (Å²) in [7, 11) is 0. The quantitative estimate of drug-likeness (QED) is 0.506. The van der Waals surface area contributed by atoms with E-state index in [2.05, 4.69) is 33.3 Å². The molecule has 1 aromatic rings. The number of rotatable bonds is 7. The number of hydrogen-bond donors (Lipinski definition) is 3. The van der Waals surface area contributed by atoms with E-state index in [-0.39, 0.29) is 24.8 Å². The van der Waals surface area contributed by atoms with Crippen LogP contribution in [-0.2, 0) is 9.59 Å². The third kappa shape index (κ3) is 5.90. The maximum atomic E-state index is 12.8. The van der Waals surface area contributed by atoms with Crippen LogP contribution in [-0.4, -0.2) is 52.3 Å². The van der Waals surface area contributed by atoms with E-state index in [0.717, 1.165) is 67.3 Å². The molecular formula is C26H36N4O3S. The van der Waals surface area contributed by atoms with Crippen molar-refractivity contribution in [2.45, 2.75) is 64.3 Å². The SMILES string of the molecule is Cc1cc(NC(=O)CCO)ccc1/C=C/SN1CCC2(CC1)N=C(C1CCC(C)CC1)NC2=O. The van der Waals surface area contributed by atoms with Crippen LogP contribution in [0, 0.1) is 18.8 Å². The molecule has 3 aliphatic rings. The van der Waals surface area contributed by atoms with Crippen molar-refractivity contribution in [1.82, 2.24) is 9.62 Å². The molecule has 8 heteroatoms. The molecule has 1 saturated carbocycles. The number of aliphatic imine (C=N–C) groups is 1. The van der Waals surface area contributed by atoms with Gasteiger partial charge in [0.25, 0.3) is 5.91 Å². The van der Waals surface area contributed by atoms with Gasteiger partial charge in [-0.15, -0.1) is 0 Å². The highest BCUT2D eigenvalue weighted by Gasteiger charge is 2.47. The summed E-state index contributed by atoms with van der Waals surface area (Å²) in [6, 6.07) is 5.79. The smallest absolute Gasteiger partial charge is 0.253 e. The first kappa shape index (κ1) is 24.9. The van der Waals surface area contributed by atoms with Gasteiger partial charge in [0.15, 0.2) is 0 Å². The van der Waals surface area contributed by atoms with E-state index in [1.807, 2.05) is 25.1 Å². The number of aliphatic hydroxyl groups is 1. The molecule has 0 bridgehead atoms. The number of nitrogens with one attached hydrogen (secondary N) is 2.